The smallest absolute Gasteiger partial charge is 0.317 e. The van der Waals surface area contributed by atoms with Crippen molar-refractivity contribution in [1.29, 1.82) is 5.26 Å². The van der Waals surface area contributed by atoms with Gasteiger partial charge >= 0.3 is 6.03 Å². The van der Waals surface area contributed by atoms with Gasteiger partial charge in [-0.2, -0.15) is 5.26 Å². The molecule has 0 saturated carbocycles. The zero-order valence-electron chi connectivity index (χ0n) is 17.6. The van der Waals surface area contributed by atoms with Crippen LogP contribution in [0.5, 0.6) is 11.5 Å². The Kier molecular flexibility index (Phi) is 7.61. The van der Waals surface area contributed by atoms with Crippen LogP contribution in [0.3, 0.4) is 0 Å². The van der Waals surface area contributed by atoms with Crippen molar-refractivity contribution >= 4 is 11.7 Å². The van der Waals surface area contributed by atoms with Crippen LogP contribution in [-0.2, 0) is 6.54 Å². The second kappa shape index (κ2) is 10.8. The molecule has 2 amide bonds. The fraction of sp³-hybridized carbons (Fsp3) is 0.333. The van der Waals surface area contributed by atoms with Crippen LogP contribution in [0.1, 0.15) is 17.5 Å². The van der Waals surface area contributed by atoms with Crippen molar-refractivity contribution in [2.24, 2.45) is 0 Å². The van der Waals surface area contributed by atoms with E-state index in [1.807, 2.05) is 41.3 Å². The summed E-state index contributed by atoms with van der Waals surface area (Å²) in [4.78, 5) is 16.7. The average molecular weight is 418 g/mol. The highest BCUT2D eigenvalue weighted by molar-refractivity contribution is 5.74. The highest BCUT2D eigenvalue weighted by Crippen LogP contribution is 2.28. The number of nitriles is 1. The lowest BCUT2D eigenvalue weighted by molar-refractivity contribution is 0.201. The Balaban J connectivity index is 1.58. The van der Waals surface area contributed by atoms with Crippen molar-refractivity contribution in [1.82, 2.24) is 10.2 Å². The number of methoxy groups -OCH3 is 1. The van der Waals surface area contributed by atoms with Gasteiger partial charge in [-0.15, -0.1) is 6.42 Å². The molecule has 160 valence electrons. The van der Waals surface area contributed by atoms with E-state index in [4.69, 9.17) is 15.9 Å². The van der Waals surface area contributed by atoms with Gasteiger partial charge in [0.1, 0.15) is 12.7 Å². The molecule has 7 heteroatoms. The molecule has 0 unspecified atom stereocenters. The van der Waals surface area contributed by atoms with Gasteiger partial charge in [0.25, 0.3) is 0 Å². The molecule has 0 aliphatic carbocycles. The van der Waals surface area contributed by atoms with Gasteiger partial charge < -0.3 is 24.6 Å². The van der Waals surface area contributed by atoms with Gasteiger partial charge in [-0.1, -0.05) is 24.1 Å². The Morgan fingerprint density at radius 1 is 1.16 bits per heavy atom. The monoisotopic (exact) mass is 418 g/mol. The van der Waals surface area contributed by atoms with E-state index in [2.05, 4.69) is 22.2 Å². The molecule has 0 atom stereocenters. The first-order chi connectivity index (χ1) is 15.2. The molecule has 0 aromatic heterocycles. The third-order valence-corrected chi connectivity index (χ3v) is 5.13. The molecule has 1 saturated heterocycles. The predicted octanol–water partition coefficient (Wildman–Crippen LogP) is 3.00. The number of carbonyl (C=O) groups is 1. The molecule has 0 radical (unpaired) electrons. The number of nitrogens with zero attached hydrogens (tertiary/aromatic N) is 3. The van der Waals surface area contributed by atoms with E-state index < -0.39 is 0 Å². The summed E-state index contributed by atoms with van der Waals surface area (Å²) in [5.41, 5.74) is 2.47. The fourth-order valence-electron chi connectivity index (χ4n) is 3.56. The van der Waals surface area contributed by atoms with Crippen LogP contribution in [0.4, 0.5) is 10.5 Å². The lowest BCUT2D eigenvalue weighted by Crippen LogP contribution is -2.41. The standard InChI is InChI=1S/C24H26N4O3/c1-3-15-31-23-16-19(9-10-22(23)30-2)18-26-24(29)28-12-6-11-27(13-14-28)21-8-5-4-7-20(21)17-25/h1,4-5,7-10,16H,6,11-15,18H2,2H3,(H,26,29). The number of nitrogens with one attached hydrogen (secondary N) is 1. The number of amides is 2. The van der Waals surface area contributed by atoms with E-state index in [0.29, 0.717) is 43.2 Å². The number of hydrogen-bond donors (Lipinski definition) is 1. The van der Waals surface area contributed by atoms with Crippen LogP contribution in [-0.4, -0.2) is 50.8 Å². The molecule has 31 heavy (non-hydrogen) atoms. The van der Waals surface area contributed by atoms with Crippen LogP contribution >= 0.6 is 0 Å². The summed E-state index contributed by atoms with van der Waals surface area (Å²) in [6.07, 6.45) is 6.10. The summed E-state index contributed by atoms with van der Waals surface area (Å²) in [7, 11) is 1.57. The van der Waals surface area contributed by atoms with E-state index in [0.717, 1.165) is 24.2 Å². The third-order valence-electron chi connectivity index (χ3n) is 5.13. The summed E-state index contributed by atoms with van der Waals surface area (Å²) < 4.78 is 10.8. The number of rotatable bonds is 6. The predicted molar refractivity (Wildman–Crippen MR) is 119 cm³/mol. The van der Waals surface area contributed by atoms with Crippen molar-refractivity contribution in [3.8, 4) is 29.9 Å². The van der Waals surface area contributed by atoms with Crippen LogP contribution in [0.15, 0.2) is 42.5 Å². The van der Waals surface area contributed by atoms with Gasteiger partial charge in [-0.3, -0.25) is 0 Å². The third kappa shape index (κ3) is 5.61. The molecule has 3 rings (SSSR count). The van der Waals surface area contributed by atoms with Crippen molar-refractivity contribution in [2.45, 2.75) is 13.0 Å². The minimum Gasteiger partial charge on any atom is -0.493 e. The minimum absolute atomic E-state index is 0.114. The number of urea groups is 1. The maximum absolute atomic E-state index is 12.7. The Hall–Kier alpha value is -3.84. The van der Waals surface area contributed by atoms with E-state index in [1.54, 1.807) is 13.2 Å². The van der Waals surface area contributed by atoms with Gasteiger partial charge in [-0.05, 0) is 36.2 Å². The van der Waals surface area contributed by atoms with Crippen LogP contribution in [0.2, 0.25) is 0 Å². The quantitative estimate of drug-likeness (QED) is 0.730. The van der Waals surface area contributed by atoms with Gasteiger partial charge in [0, 0.05) is 32.7 Å². The molecule has 1 heterocycles. The minimum atomic E-state index is -0.114. The first kappa shape index (κ1) is 21.9. The Labute approximate surface area is 183 Å². The highest BCUT2D eigenvalue weighted by atomic mass is 16.5. The van der Waals surface area contributed by atoms with Gasteiger partial charge in [-0.25, -0.2) is 4.79 Å². The zero-order valence-corrected chi connectivity index (χ0v) is 17.6. The number of ether oxygens (including phenoxy) is 2. The molecule has 0 spiro atoms. The summed E-state index contributed by atoms with van der Waals surface area (Å²) in [6, 6.07) is 15.2. The molecule has 1 fully saturated rings. The first-order valence-electron chi connectivity index (χ1n) is 10.2. The van der Waals surface area contributed by atoms with Crippen molar-refractivity contribution in [3.05, 3.63) is 53.6 Å². The van der Waals surface area contributed by atoms with Crippen LogP contribution in [0.25, 0.3) is 0 Å². The van der Waals surface area contributed by atoms with E-state index in [-0.39, 0.29) is 12.6 Å². The van der Waals surface area contributed by atoms with Gasteiger partial charge in [0.05, 0.1) is 18.4 Å². The summed E-state index contributed by atoms with van der Waals surface area (Å²) in [5, 5.41) is 12.3. The van der Waals surface area contributed by atoms with Gasteiger partial charge in [0.15, 0.2) is 11.5 Å². The maximum atomic E-state index is 12.7. The van der Waals surface area contributed by atoms with Crippen LogP contribution in [0, 0.1) is 23.7 Å². The Morgan fingerprint density at radius 2 is 2.00 bits per heavy atom. The molecule has 1 aliphatic rings. The molecular formula is C24H26N4O3. The van der Waals surface area contributed by atoms with E-state index in [9.17, 15) is 10.1 Å². The molecule has 1 N–H and O–H groups in total. The van der Waals surface area contributed by atoms with Crippen molar-refractivity contribution in [3.63, 3.8) is 0 Å². The molecule has 2 aromatic carbocycles. The van der Waals surface area contributed by atoms with E-state index >= 15 is 0 Å². The molecule has 7 nitrogen and oxygen atoms in total. The Bertz CT molecular complexity index is 993. The first-order valence-corrected chi connectivity index (χ1v) is 10.2. The largest absolute Gasteiger partial charge is 0.493 e. The lowest BCUT2D eigenvalue weighted by Gasteiger charge is -2.24. The topological polar surface area (TPSA) is 77.8 Å². The summed E-state index contributed by atoms with van der Waals surface area (Å²) >= 11 is 0. The number of carbonyl (C=O) groups excluding carboxylic acids is 1. The van der Waals surface area contributed by atoms with Crippen molar-refractivity contribution < 1.29 is 14.3 Å². The molecule has 1 aliphatic heterocycles. The zero-order chi connectivity index (χ0) is 22.1. The second-order valence-corrected chi connectivity index (χ2v) is 7.09. The number of anilines is 1. The number of terminal acetylenes is 1. The number of para-hydroxylation sites is 1. The summed E-state index contributed by atoms with van der Waals surface area (Å²) in [6.45, 7) is 3.24. The van der Waals surface area contributed by atoms with Gasteiger partial charge in [0.2, 0.25) is 0 Å². The molecular weight excluding hydrogens is 392 g/mol. The summed E-state index contributed by atoms with van der Waals surface area (Å²) in [5.74, 6) is 3.58. The SMILES string of the molecule is C#CCOc1cc(CNC(=O)N2CCCN(c3ccccc3C#N)CC2)ccc1OC. The van der Waals surface area contributed by atoms with E-state index in [1.165, 1.54) is 0 Å². The lowest BCUT2D eigenvalue weighted by atomic mass is 10.1. The average Bonchev–Trinajstić information content (AvgIpc) is 3.07. The van der Waals surface area contributed by atoms with Crippen molar-refractivity contribution in [2.75, 3.05) is 44.8 Å². The molecule has 0 bridgehead atoms. The second-order valence-electron chi connectivity index (χ2n) is 7.09. The number of benzene rings is 2. The normalized spacial score (nSPS) is 13.5. The number of hydrogen-bond acceptors (Lipinski definition) is 5. The van der Waals surface area contributed by atoms with Crippen LogP contribution < -0.4 is 19.7 Å². The Morgan fingerprint density at radius 3 is 2.77 bits per heavy atom. The molecule has 2 aromatic rings. The fourth-order valence-corrected chi connectivity index (χ4v) is 3.56. The maximum Gasteiger partial charge on any atom is 0.317 e. The highest BCUT2D eigenvalue weighted by Gasteiger charge is 2.20.